The minimum absolute atomic E-state index is 0.00393. The molecule has 16 heteroatoms. The molecule has 1 fully saturated rings. The summed E-state index contributed by atoms with van der Waals surface area (Å²) in [4.78, 5) is 113. The predicted molar refractivity (Wildman–Crippen MR) is 224 cm³/mol. The Labute approximate surface area is 340 Å². The van der Waals surface area contributed by atoms with Crippen LogP contribution in [0.2, 0.25) is 0 Å². The van der Waals surface area contributed by atoms with E-state index in [1.165, 1.54) is 44.4 Å². The standard InChI is InChI=1S/C44H43N3O13/c1-9-19(6)25-14-23-31(43(56)47(25)16-28(49)46-15-24(44(57)60-18(4)5)45-42(55)20(46)7)37(51)29-21(36(23)50)10-11-22-30(29)38(52)34-35(41(22)58-8)40(54)33-27(59-17(2)3)13-12-26(48)32(33)39(34)53/h10-14,17-20,24,48,52H,9,15-16H2,1-8H3,(H,45,55). The SMILES string of the molecule is CCC(C)c1cc2c(=O)c3ccc4c(OC)c5c(=O)c6c(OC(C)C)ccc(O)c6c(=O)c5c(O)c4c3c(=O)c2c(=O)n1CC(=O)N1CC(C(=O)OC(C)C)NC(=O)C1C. The number of esters is 1. The lowest BCUT2D eigenvalue weighted by molar-refractivity contribution is -0.157. The van der Waals surface area contributed by atoms with Gasteiger partial charge < -0.3 is 39.2 Å². The molecule has 1 aliphatic rings. The first kappa shape index (κ1) is 41.3. The Hall–Kier alpha value is -6.84. The van der Waals surface area contributed by atoms with Crippen molar-refractivity contribution in [2.24, 2.45) is 0 Å². The first-order chi connectivity index (χ1) is 28.3. The van der Waals surface area contributed by atoms with Gasteiger partial charge in [-0.1, -0.05) is 13.8 Å². The smallest absolute Gasteiger partial charge is 0.330 e. The van der Waals surface area contributed by atoms with Crippen LogP contribution in [0.4, 0.5) is 0 Å². The number of hydrogen-bond donors (Lipinski definition) is 3. The number of nitrogens with zero attached hydrogens (tertiary/aromatic N) is 2. The number of phenols is 2. The summed E-state index contributed by atoms with van der Waals surface area (Å²) in [5, 5.41) is 21.9. The number of ether oxygens (including phenoxy) is 3. The van der Waals surface area contributed by atoms with Gasteiger partial charge in [0, 0.05) is 32.6 Å². The van der Waals surface area contributed by atoms with Crippen LogP contribution in [0.15, 0.2) is 54.3 Å². The third-order valence-corrected chi connectivity index (χ3v) is 11.2. The molecule has 16 nitrogen and oxygen atoms in total. The highest BCUT2D eigenvalue weighted by Gasteiger charge is 2.39. The molecule has 312 valence electrons. The van der Waals surface area contributed by atoms with Gasteiger partial charge in [-0.05, 0) is 77.3 Å². The van der Waals surface area contributed by atoms with Crippen molar-refractivity contribution in [3.05, 3.63) is 87.3 Å². The molecule has 2 heterocycles. The van der Waals surface area contributed by atoms with Crippen LogP contribution in [0.25, 0.3) is 53.9 Å². The summed E-state index contributed by atoms with van der Waals surface area (Å²) in [5.41, 5.74) is -4.33. The number of methoxy groups -OCH3 is 1. The van der Waals surface area contributed by atoms with E-state index in [1.807, 2.05) is 6.92 Å². The van der Waals surface area contributed by atoms with Crippen molar-refractivity contribution in [2.75, 3.05) is 13.7 Å². The Balaban J connectivity index is 1.53. The molecule has 2 amide bonds. The highest BCUT2D eigenvalue weighted by Crippen LogP contribution is 2.44. The van der Waals surface area contributed by atoms with Gasteiger partial charge in [0.05, 0.1) is 52.8 Å². The van der Waals surface area contributed by atoms with Gasteiger partial charge in [0.25, 0.3) is 5.56 Å². The normalized spacial score (nSPS) is 16.4. The Kier molecular flexibility index (Phi) is 10.4. The Morgan fingerprint density at radius 3 is 2.07 bits per heavy atom. The fourth-order valence-electron chi connectivity index (χ4n) is 8.17. The van der Waals surface area contributed by atoms with Crippen molar-refractivity contribution < 1.29 is 38.8 Å². The number of benzene rings is 5. The molecule has 0 radical (unpaired) electrons. The van der Waals surface area contributed by atoms with Gasteiger partial charge in [0.1, 0.15) is 41.6 Å². The van der Waals surface area contributed by atoms with E-state index < -0.39 is 115 Å². The van der Waals surface area contributed by atoms with E-state index in [-0.39, 0.29) is 56.1 Å². The average molecular weight is 822 g/mol. The number of phenolic OH excluding ortho intramolecular Hbond substituents is 2. The molecule has 3 N–H and O–H groups in total. The number of aromatic nitrogens is 1. The van der Waals surface area contributed by atoms with Gasteiger partial charge in [-0.2, -0.15) is 0 Å². The van der Waals surface area contributed by atoms with Crippen LogP contribution in [0.1, 0.15) is 66.5 Å². The van der Waals surface area contributed by atoms with E-state index in [4.69, 9.17) is 14.2 Å². The molecular weight excluding hydrogens is 778 g/mol. The maximum Gasteiger partial charge on any atom is 0.330 e. The number of fused-ring (bicyclic) bond motifs is 6. The monoisotopic (exact) mass is 821 g/mol. The summed E-state index contributed by atoms with van der Waals surface area (Å²) in [7, 11) is 1.21. The molecule has 0 aliphatic carbocycles. The second-order valence-corrected chi connectivity index (χ2v) is 15.7. The Morgan fingerprint density at radius 2 is 1.43 bits per heavy atom. The van der Waals surface area contributed by atoms with Gasteiger partial charge in [-0.25, -0.2) is 4.79 Å². The fraction of sp³-hybridized carbons (Fsp3) is 0.364. The molecule has 3 atom stereocenters. The van der Waals surface area contributed by atoms with Crippen LogP contribution in [0.3, 0.4) is 0 Å². The largest absolute Gasteiger partial charge is 0.507 e. The molecule has 7 rings (SSSR count). The molecule has 3 unspecified atom stereocenters. The molecule has 0 spiro atoms. The Bertz CT molecular complexity index is 3140. The zero-order chi connectivity index (χ0) is 43.8. The zero-order valence-electron chi connectivity index (χ0n) is 34.2. The lowest BCUT2D eigenvalue weighted by Gasteiger charge is -2.37. The first-order valence-corrected chi connectivity index (χ1v) is 19.5. The molecule has 0 bridgehead atoms. The zero-order valence-corrected chi connectivity index (χ0v) is 34.2. The number of carbonyl (C=O) groups excluding carboxylic acids is 3. The second-order valence-electron chi connectivity index (χ2n) is 15.7. The number of rotatable bonds is 9. The number of amides is 2. The van der Waals surface area contributed by atoms with Gasteiger partial charge in [0.2, 0.25) is 28.1 Å². The van der Waals surface area contributed by atoms with E-state index in [2.05, 4.69) is 5.32 Å². The van der Waals surface area contributed by atoms with Crippen molar-refractivity contribution >= 4 is 71.6 Å². The summed E-state index contributed by atoms with van der Waals surface area (Å²) in [6.07, 6.45) is -0.470. The fourth-order valence-corrected chi connectivity index (χ4v) is 8.17. The minimum atomic E-state index is -1.18. The molecule has 5 aromatic carbocycles. The maximum absolute atomic E-state index is 14.8. The van der Waals surface area contributed by atoms with E-state index >= 15 is 0 Å². The lowest BCUT2D eigenvalue weighted by atomic mass is 9.91. The van der Waals surface area contributed by atoms with Gasteiger partial charge in [0.15, 0.2) is 5.43 Å². The van der Waals surface area contributed by atoms with Gasteiger partial charge >= 0.3 is 5.97 Å². The van der Waals surface area contributed by atoms with Crippen molar-refractivity contribution in [3.8, 4) is 23.0 Å². The summed E-state index contributed by atoms with van der Waals surface area (Å²) in [6.45, 7) is 10.8. The predicted octanol–water partition coefficient (Wildman–Crippen LogP) is 3.32. The summed E-state index contributed by atoms with van der Waals surface area (Å²) < 4.78 is 17.8. The molecule has 1 aromatic heterocycles. The highest BCUT2D eigenvalue weighted by atomic mass is 16.5. The summed E-state index contributed by atoms with van der Waals surface area (Å²) in [5.74, 6) is -4.17. The van der Waals surface area contributed by atoms with Crippen LogP contribution in [-0.2, 0) is 25.7 Å². The van der Waals surface area contributed by atoms with E-state index in [0.717, 1.165) is 9.47 Å². The minimum Gasteiger partial charge on any atom is -0.507 e. The van der Waals surface area contributed by atoms with Crippen LogP contribution >= 0.6 is 0 Å². The van der Waals surface area contributed by atoms with E-state index in [1.54, 1.807) is 34.6 Å². The van der Waals surface area contributed by atoms with E-state index in [0.29, 0.717) is 6.42 Å². The molecule has 1 saturated heterocycles. The molecule has 60 heavy (non-hydrogen) atoms. The molecule has 6 aromatic rings. The van der Waals surface area contributed by atoms with Crippen LogP contribution in [0.5, 0.6) is 23.0 Å². The Morgan fingerprint density at radius 1 is 0.783 bits per heavy atom. The van der Waals surface area contributed by atoms with Gasteiger partial charge in [-0.3, -0.25) is 33.6 Å². The van der Waals surface area contributed by atoms with Crippen LogP contribution in [0, 0.1) is 0 Å². The summed E-state index contributed by atoms with van der Waals surface area (Å²) in [6, 6.07) is 4.35. The average Bonchev–Trinajstić information content (AvgIpc) is 3.19. The lowest BCUT2D eigenvalue weighted by Crippen LogP contribution is -2.63. The third kappa shape index (κ3) is 6.28. The number of hydrogen-bond acceptors (Lipinski definition) is 13. The number of nitrogens with one attached hydrogen (secondary N) is 1. The quantitative estimate of drug-likeness (QED) is 0.108. The molecule has 0 saturated carbocycles. The number of carbonyl (C=O) groups is 3. The van der Waals surface area contributed by atoms with Gasteiger partial charge in [-0.15, -0.1) is 0 Å². The highest BCUT2D eigenvalue weighted by molar-refractivity contribution is 6.23. The number of aromatic hydroxyl groups is 2. The number of pyridine rings is 1. The number of piperazine rings is 1. The van der Waals surface area contributed by atoms with Crippen molar-refractivity contribution in [1.82, 2.24) is 14.8 Å². The van der Waals surface area contributed by atoms with E-state index in [9.17, 15) is 48.6 Å². The first-order valence-electron chi connectivity index (χ1n) is 19.5. The van der Waals surface area contributed by atoms with Crippen LogP contribution in [-0.4, -0.2) is 75.4 Å². The third-order valence-electron chi connectivity index (χ3n) is 11.2. The maximum atomic E-state index is 14.8. The topological polar surface area (TPSA) is 225 Å². The van der Waals surface area contributed by atoms with Crippen molar-refractivity contribution in [2.45, 2.75) is 91.6 Å². The second kappa shape index (κ2) is 15.1. The summed E-state index contributed by atoms with van der Waals surface area (Å²) >= 11 is 0. The molecule has 1 aliphatic heterocycles. The van der Waals surface area contributed by atoms with Crippen molar-refractivity contribution in [1.29, 1.82) is 0 Å². The molecular formula is C44H43N3O13. The van der Waals surface area contributed by atoms with Crippen molar-refractivity contribution in [3.63, 3.8) is 0 Å². The van der Waals surface area contributed by atoms with Crippen LogP contribution < -0.4 is 42.1 Å².